The van der Waals surface area contributed by atoms with Crippen LogP contribution in [0.5, 0.6) is 0 Å². The molecule has 0 aromatic carbocycles. The predicted octanol–water partition coefficient (Wildman–Crippen LogP) is 2.97. The molecular weight excluding hydrogens is 298 g/mol. The summed E-state index contributed by atoms with van der Waals surface area (Å²) in [6.07, 6.45) is 4.57. The molecule has 2 heterocycles. The normalized spacial score (nSPS) is 13.4. The summed E-state index contributed by atoms with van der Waals surface area (Å²) in [5.41, 5.74) is 1.90. The Kier molecular flexibility index (Phi) is 5.80. The number of hydrogen-bond donors (Lipinski definition) is 1. The monoisotopic (exact) mass is 317 g/mol. The molecule has 0 spiro atoms. The number of rotatable bonds is 7. The number of thiazole rings is 1. The Morgan fingerprint density at radius 1 is 1.45 bits per heavy atom. The van der Waals surface area contributed by atoms with Crippen LogP contribution in [0.25, 0.3) is 11.3 Å². The van der Waals surface area contributed by atoms with Gasteiger partial charge >= 0.3 is 0 Å². The first-order valence-electron chi connectivity index (χ1n) is 7.00. The van der Waals surface area contributed by atoms with E-state index in [0.717, 1.165) is 16.3 Å². The third-order valence-electron chi connectivity index (χ3n) is 3.06. The Balaban J connectivity index is 1.99. The molecule has 1 N–H and O–H groups in total. The topological polar surface area (TPSA) is 64.1 Å². The summed E-state index contributed by atoms with van der Waals surface area (Å²) in [6, 6.07) is 3.66. The van der Waals surface area contributed by atoms with Crippen LogP contribution in [-0.2, 0) is 9.53 Å². The molecule has 2 rings (SSSR count). The fourth-order valence-electron chi connectivity index (χ4n) is 1.82. The van der Waals surface area contributed by atoms with Crippen molar-refractivity contribution in [3.05, 3.63) is 47.6 Å². The van der Waals surface area contributed by atoms with E-state index in [2.05, 4.69) is 21.9 Å². The zero-order valence-corrected chi connectivity index (χ0v) is 13.5. The largest absolute Gasteiger partial charge is 0.365 e. The molecule has 2 unspecified atom stereocenters. The van der Waals surface area contributed by atoms with Crippen LogP contribution >= 0.6 is 11.3 Å². The Morgan fingerprint density at radius 3 is 2.86 bits per heavy atom. The third-order valence-corrected chi connectivity index (χ3v) is 4.09. The van der Waals surface area contributed by atoms with E-state index in [4.69, 9.17) is 4.74 Å². The third kappa shape index (κ3) is 4.22. The summed E-state index contributed by atoms with van der Waals surface area (Å²) in [5.74, 6) is -0.157. The lowest BCUT2D eigenvalue weighted by molar-refractivity contribution is -0.131. The van der Waals surface area contributed by atoms with Gasteiger partial charge in [0.1, 0.15) is 11.1 Å². The van der Waals surface area contributed by atoms with Gasteiger partial charge in [-0.15, -0.1) is 17.9 Å². The Morgan fingerprint density at radius 2 is 2.18 bits per heavy atom. The smallest absolute Gasteiger partial charge is 0.249 e. The van der Waals surface area contributed by atoms with Crippen molar-refractivity contribution in [3.8, 4) is 11.3 Å². The van der Waals surface area contributed by atoms with Crippen LogP contribution in [0.15, 0.2) is 42.6 Å². The molecule has 5 nitrogen and oxygen atoms in total. The lowest BCUT2D eigenvalue weighted by Crippen LogP contribution is -2.36. The van der Waals surface area contributed by atoms with Crippen molar-refractivity contribution < 1.29 is 9.53 Å². The summed E-state index contributed by atoms with van der Waals surface area (Å²) in [4.78, 5) is 20.6. The number of pyridine rings is 1. The second-order valence-corrected chi connectivity index (χ2v) is 5.69. The molecule has 22 heavy (non-hydrogen) atoms. The quantitative estimate of drug-likeness (QED) is 0.797. The summed E-state index contributed by atoms with van der Waals surface area (Å²) in [6.45, 7) is 7.54. The van der Waals surface area contributed by atoms with Gasteiger partial charge in [0.2, 0.25) is 5.91 Å². The highest BCUT2D eigenvalue weighted by Gasteiger charge is 2.18. The first kappa shape index (κ1) is 16.3. The maximum absolute atomic E-state index is 12.0. The van der Waals surface area contributed by atoms with Gasteiger partial charge < -0.3 is 10.1 Å². The van der Waals surface area contributed by atoms with Gasteiger partial charge in [-0.25, -0.2) is 4.98 Å². The number of carbonyl (C=O) groups excluding carboxylic acids is 1. The van der Waals surface area contributed by atoms with E-state index < -0.39 is 6.10 Å². The van der Waals surface area contributed by atoms with Crippen molar-refractivity contribution >= 4 is 17.2 Å². The van der Waals surface area contributed by atoms with E-state index >= 15 is 0 Å². The van der Waals surface area contributed by atoms with Gasteiger partial charge in [-0.05, 0) is 26.0 Å². The van der Waals surface area contributed by atoms with E-state index in [1.54, 1.807) is 25.4 Å². The molecule has 2 atom stereocenters. The second-order valence-electron chi connectivity index (χ2n) is 4.80. The van der Waals surface area contributed by atoms with Crippen molar-refractivity contribution in [1.82, 2.24) is 15.3 Å². The van der Waals surface area contributed by atoms with Crippen molar-refractivity contribution in [2.75, 3.05) is 6.61 Å². The van der Waals surface area contributed by atoms with E-state index in [1.807, 2.05) is 24.4 Å². The first-order valence-corrected chi connectivity index (χ1v) is 7.88. The highest BCUT2D eigenvalue weighted by molar-refractivity contribution is 7.10. The Hall–Kier alpha value is -2.05. The lowest BCUT2D eigenvalue weighted by atomic mass is 10.2. The molecule has 0 bridgehead atoms. The maximum Gasteiger partial charge on any atom is 0.249 e. The molecule has 0 radical (unpaired) electrons. The second kappa shape index (κ2) is 7.82. The van der Waals surface area contributed by atoms with Crippen molar-refractivity contribution in [3.63, 3.8) is 0 Å². The van der Waals surface area contributed by atoms with E-state index in [1.165, 1.54) is 11.3 Å². The minimum absolute atomic E-state index is 0.157. The zero-order valence-electron chi connectivity index (χ0n) is 12.7. The maximum atomic E-state index is 12.0. The minimum atomic E-state index is -0.514. The van der Waals surface area contributed by atoms with Gasteiger partial charge in [-0.1, -0.05) is 6.08 Å². The lowest BCUT2D eigenvalue weighted by Gasteiger charge is -2.15. The number of nitrogens with one attached hydrogen (secondary N) is 1. The standard InChI is InChI=1S/C16H19N3O2S/c1-4-9-21-12(3)15(20)18-11(2)16-19-14(10-22-16)13-5-7-17-8-6-13/h4-8,10-12H,1,9H2,2-3H3,(H,18,20). The van der Waals surface area contributed by atoms with Gasteiger partial charge in [0, 0.05) is 23.3 Å². The van der Waals surface area contributed by atoms with Crippen molar-refractivity contribution in [2.24, 2.45) is 0 Å². The highest BCUT2D eigenvalue weighted by atomic mass is 32.1. The van der Waals surface area contributed by atoms with Gasteiger partial charge in [0.25, 0.3) is 0 Å². The van der Waals surface area contributed by atoms with Gasteiger partial charge in [0.15, 0.2) is 0 Å². The Labute approximate surface area is 134 Å². The van der Waals surface area contributed by atoms with Gasteiger partial charge in [-0.3, -0.25) is 9.78 Å². The van der Waals surface area contributed by atoms with E-state index in [0.29, 0.717) is 6.61 Å². The Bertz CT molecular complexity index is 627. The number of nitrogens with zero attached hydrogens (tertiary/aromatic N) is 2. The fraction of sp³-hybridized carbons (Fsp3) is 0.312. The molecule has 0 aliphatic carbocycles. The molecule has 6 heteroatoms. The summed E-state index contributed by atoms with van der Waals surface area (Å²) in [5, 5.41) is 5.74. The van der Waals surface area contributed by atoms with E-state index in [-0.39, 0.29) is 11.9 Å². The number of carbonyl (C=O) groups is 1. The van der Waals surface area contributed by atoms with Crippen molar-refractivity contribution in [1.29, 1.82) is 0 Å². The zero-order chi connectivity index (χ0) is 15.9. The molecule has 0 aliphatic rings. The molecule has 2 aromatic heterocycles. The number of amides is 1. The molecule has 116 valence electrons. The number of ether oxygens (including phenoxy) is 1. The highest BCUT2D eigenvalue weighted by Crippen LogP contribution is 2.24. The van der Waals surface area contributed by atoms with Crippen LogP contribution < -0.4 is 5.32 Å². The number of hydrogen-bond acceptors (Lipinski definition) is 5. The summed E-state index contributed by atoms with van der Waals surface area (Å²) < 4.78 is 5.31. The van der Waals surface area contributed by atoms with Crippen LogP contribution in [-0.4, -0.2) is 28.6 Å². The van der Waals surface area contributed by atoms with Crippen LogP contribution in [0.3, 0.4) is 0 Å². The minimum Gasteiger partial charge on any atom is -0.365 e. The van der Waals surface area contributed by atoms with Crippen LogP contribution in [0.2, 0.25) is 0 Å². The van der Waals surface area contributed by atoms with Gasteiger partial charge in [0.05, 0.1) is 18.3 Å². The average Bonchev–Trinajstić information content (AvgIpc) is 3.03. The van der Waals surface area contributed by atoms with Crippen LogP contribution in [0, 0.1) is 0 Å². The van der Waals surface area contributed by atoms with Crippen molar-refractivity contribution in [2.45, 2.75) is 26.0 Å². The molecule has 0 fully saturated rings. The summed E-state index contributed by atoms with van der Waals surface area (Å²) in [7, 11) is 0. The van der Waals surface area contributed by atoms with Crippen LogP contribution in [0.1, 0.15) is 24.9 Å². The molecule has 0 saturated heterocycles. The molecule has 2 aromatic rings. The van der Waals surface area contributed by atoms with Gasteiger partial charge in [-0.2, -0.15) is 0 Å². The number of aromatic nitrogens is 2. The molecule has 1 amide bonds. The first-order chi connectivity index (χ1) is 10.6. The van der Waals surface area contributed by atoms with E-state index in [9.17, 15) is 4.79 Å². The SMILES string of the molecule is C=CCOC(C)C(=O)NC(C)c1nc(-c2ccncc2)cs1. The molecule has 0 aliphatic heterocycles. The molecular formula is C16H19N3O2S. The van der Waals surface area contributed by atoms with Crippen LogP contribution in [0.4, 0.5) is 0 Å². The predicted molar refractivity (Wildman–Crippen MR) is 87.5 cm³/mol. The molecule has 0 saturated carbocycles. The summed E-state index contributed by atoms with van der Waals surface area (Å²) >= 11 is 1.52. The fourth-order valence-corrected chi connectivity index (χ4v) is 2.66. The average molecular weight is 317 g/mol.